The Morgan fingerprint density at radius 3 is 1.84 bits per heavy atom. The van der Waals surface area contributed by atoms with Gasteiger partial charge in [0, 0.05) is 31.7 Å². The monoisotopic (exact) mass is 262 g/mol. The molecule has 5 fully saturated rings. The molecule has 5 rings (SSSR count). The van der Waals surface area contributed by atoms with E-state index in [2.05, 4.69) is 24.1 Å². The lowest BCUT2D eigenvalue weighted by molar-refractivity contribution is -0.0821. The quantitative estimate of drug-likeness (QED) is 0.823. The normalized spacial score (nSPS) is 53.7. The number of hydrogen-bond acceptors (Lipinski definition) is 2. The third kappa shape index (κ3) is 2.15. The predicted molar refractivity (Wildman–Crippen MR) is 79.1 cm³/mol. The number of nitrogens with zero attached hydrogens (tertiary/aromatic N) is 1. The smallest absolute Gasteiger partial charge is 0.0195 e. The summed E-state index contributed by atoms with van der Waals surface area (Å²) < 4.78 is 0. The van der Waals surface area contributed by atoms with E-state index in [9.17, 15) is 0 Å². The van der Waals surface area contributed by atoms with E-state index in [1.807, 2.05) is 0 Å². The minimum absolute atomic E-state index is 0.717. The van der Waals surface area contributed by atoms with Crippen LogP contribution in [0.4, 0.5) is 0 Å². The van der Waals surface area contributed by atoms with Crippen LogP contribution in [-0.2, 0) is 0 Å². The Kier molecular flexibility index (Phi) is 2.97. The molecule has 4 bridgehead atoms. The average molecular weight is 262 g/mol. The van der Waals surface area contributed by atoms with Gasteiger partial charge in [0.25, 0.3) is 0 Å². The highest BCUT2D eigenvalue weighted by Crippen LogP contribution is 2.60. The van der Waals surface area contributed by atoms with E-state index < -0.39 is 0 Å². The minimum atomic E-state index is 0.717. The fourth-order valence-corrected chi connectivity index (χ4v) is 6.35. The maximum Gasteiger partial charge on any atom is 0.0195 e. The molecule has 2 unspecified atom stereocenters. The Morgan fingerprint density at radius 2 is 1.37 bits per heavy atom. The topological polar surface area (TPSA) is 15.3 Å². The van der Waals surface area contributed by atoms with Crippen LogP contribution in [-0.4, -0.2) is 36.6 Å². The standard InChI is InChI=1S/C17H30N2/c1-12-9-18-10-13(2)19(12)11-17-6-14-3-15(7-17)5-16(4-14)8-17/h12-16,18H,3-11H2,1-2H3. The molecule has 2 nitrogen and oxygen atoms in total. The maximum absolute atomic E-state index is 3.58. The highest BCUT2D eigenvalue weighted by Gasteiger charge is 2.51. The van der Waals surface area contributed by atoms with Crippen molar-refractivity contribution in [2.75, 3.05) is 19.6 Å². The van der Waals surface area contributed by atoms with Crippen molar-refractivity contribution in [2.24, 2.45) is 23.2 Å². The molecular formula is C17H30N2. The van der Waals surface area contributed by atoms with Crippen molar-refractivity contribution in [1.29, 1.82) is 0 Å². The summed E-state index contributed by atoms with van der Waals surface area (Å²) in [5.74, 6) is 3.29. The summed E-state index contributed by atoms with van der Waals surface area (Å²) in [4.78, 5) is 2.84. The molecular weight excluding hydrogens is 232 g/mol. The summed E-state index contributed by atoms with van der Waals surface area (Å²) in [5.41, 5.74) is 0.717. The van der Waals surface area contributed by atoms with E-state index in [0.717, 1.165) is 29.8 Å². The fourth-order valence-electron chi connectivity index (χ4n) is 6.35. The second-order valence-electron chi connectivity index (χ2n) is 8.45. The van der Waals surface area contributed by atoms with E-state index in [0.29, 0.717) is 5.41 Å². The van der Waals surface area contributed by atoms with Crippen molar-refractivity contribution in [1.82, 2.24) is 10.2 Å². The number of rotatable bonds is 2. The van der Waals surface area contributed by atoms with Crippen LogP contribution in [0.2, 0.25) is 0 Å². The van der Waals surface area contributed by atoms with Crippen LogP contribution in [0.15, 0.2) is 0 Å². The van der Waals surface area contributed by atoms with Gasteiger partial charge in [-0.05, 0) is 75.5 Å². The van der Waals surface area contributed by atoms with Gasteiger partial charge in [-0.1, -0.05) is 0 Å². The first-order valence-corrected chi connectivity index (χ1v) is 8.60. The molecule has 2 atom stereocenters. The zero-order valence-electron chi connectivity index (χ0n) is 12.7. The molecule has 19 heavy (non-hydrogen) atoms. The SMILES string of the molecule is CC1CNCC(C)N1CC12CC3CC(CC(C3)C1)C2. The van der Waals surface area contributed by atoms with Crippen LogP contribution < -0.4 is 5.32 Å². The van der Waals surface area contributed by atoms with Crippen molar-refractivity contribution in [3.63, 3.8) is 0 Å². The van der Waals surface area contributed by atoms with Crippen molar-refractivity contribution < 1.29 is 0 Å². The highest BCUT2D eigenvalue weighted by atomic mass is 15.2. The molecule has 0 radical (unpaired) electrons. The van der Waals surface area contributed by atoms with Gasteiger partial charge in [-0.15, -0.1) is 0 Å². The van der Waals surface area contributed by atoms with Crippen LogP contribution in [0, 0.1) is 23.2 Å². The third-order valence-corrected chi connectivity index (χ3v) is 6.69. The first-order chi connectivity index (χ1) is 9.13. The Morgan fingerprint density at radius 1 is 0.895 bits per heavy atom. The molecule has 0 aromatic heterocycles. The van der Waals surface area contributed by atoms with Gasteiger partial charge in [-0.25, -0.2) is 0 Å². The third-order valence-electron chi connectivity index (χ3n) is 6.69. The lowest BCUT2D eigenvalue weighted by Gasteiger charge is -2.59. The Labute approximate surface area is 118 Å². The zero-order chi connectivity index (χ0) is 13.0. The average Bonchev–Trinajstić information content (AvgIpc) is 2.32. The van der Waals surface area contributed by atoms with Crippen molar-refractivity contribution in [2.45, 2.75) is 64.5 Å². The molecule has 108 valence electrons. The van der Waals surface area contributed by atoms with E-state index in [1.165, 1.54) is 19.6 Å². The molecule has 4 saturated carbocycles. The summed E-state index contributed by atoms with van der Waals surface area (Å²) in [7, 11) is 0. The molecule has 1 saturated heterocycles. The van der Waals surface area contributed by atoms with E-state index in [-0.39, 0.29) is 0 Å². The van der Waals surface area contributed by atoms with Crippen molar-refractivity contribution in [3.05, 3.63) is 0 Å². The molecule has 1 aliphatic heterocycles. The summed E-state index contributed by atoms with van der Waals surface area (Å²) >= 11 is 0. The van der Waals surface area contributed by atoms with Gasteiger partial charge >= 0.3 is 0 Å². The molecule has 0 aromatic rings. The highest BCUT2D eigenvalue weighted by molar-refractivity contribution is 5.03. The van der Waals surface area contributed by atoms with Gasteiger partial charge in [0.1, 0.15) is 0 Å². The number of nitrogens with one attached hydrogen (secondary N) is 1. The van der Waals surface area contributed by atoms with Gasteiger partial charge < -0.3 is 5.32 Å². The summed E-state index contributed by atoms with van der Waals surface area (Å²) in [6, 6.07) is 1.47. The molecule has 1 heterocycles. The van der Waals surface area contributed by atoms with Crippen LogP contribution >= 0.6 is 0 Å². The van der Waals surface area contributed by atoms with Crippen molar-refractivity contribution >= 4 is 0 Å². The summed E-state index contributed by atoms with van der Waals surface area (Å²) in [6.45, 7) is 8.63. The van der Waals surface area contributed by atoms with Crippen LogP contribution in [0.5, 0.6) is 0 Å². The molecule has 0 aromatic carbocycles. The van der Waals surface area contributed by atoms with Gasteiger partial charge in [0.05, 0.1) is 0 Å². The van der Waals surface area contributed by atoms with Crippen LogP contribution in [0.1, 0.15) is 52.4 Å². The predicted octanol–water partition coefficient (Wildman–Crippen LogP) is 2.89. The van der Waals surface area contributed by atoms with Gasteiger partial charge in [0.2, 0.25) is 0 Å². The number of piperazine rings is 1. The summed E-state index contributed by atoms with van der Waals surface area (Å²) in [6.07, 6.45) is 9.40. The maximum atomic E-state index is 3.58. The van der Waals surface area contributed by atoms with E-state index >= 15 is 0 Å². The van der Waals surface area contributed by atoms with E-state index in [1.54, 1.807) is 38.5 Å². The molecule has 4 aliphatic carbocycles. The van der Waals surface area contributed by atoms with Crippen molar-refractivity contribution in [3.8, 4) is 0 Å². The molecule has 1 N–H and O–H groups in total. The van der Waals surface area contributed by atoms with Gasteiger partial charge in [0.15, 0.2) is 0 Å². The molecule has 0 spiro atoms. The first kappa shape index (κ1) is 12.6. The largest absolute Gasteiger partial charge is 0.314 e. The minimum Gasteiger partial charge on any atom is -0.314 e. The molecule has 0 amide bonds. The molecule has 2 heteroatoms. The number of hydrogen-bond donors (Lipinski definition) is 1. The molecule has 5 aliphatic rings. The van der Waals surface area contributed by atoms with Gasteiger partial charge in [-0.3, -0.25) is 4.90 Å². The first-order valence-electron chi connectivity index (χ1n) is 8.60. The Hall–Kier alpha value is -0.0800. The Balaban J connectivity index is 1.52. The second-order valence-corrected chi connectivity index (χ2v) is 8.45. The fraction of sp³-hybridized carbons (Fsp3) is 1.00. The van der Waals surface area contributed by atoms with Crippen LogP contribution in [0.25, 0.3) is 0 Å². The van der Waals surface area contributed by atoms with Gasteiger partial charge in [-0.2, -0.15) is 0 Å². The Bertz CT molecular complexity index is 306. The lowest BCUT2D eigenvalue weighted by Crippen LogP contribution is -2.60. The lowest BCUT2D eigenvalue weighted by atomic mass is 9.49. The second kappa shape index (κ2) is 4.46. The zero-order valence-corrected chi connectivity index (χ0v) is 12.7. The van der Waals surface area contributed by atoms with E-state index in [4.69, 9.17) is 0 Å². The summed E-state index contributed by atoms with van der Waals surface area (Å²) in [5, 5.41) is 3.58. The van der Waals surface area contributed by atoms with Crippen LogP contribution in [0.3, 0.4) is 0 Å².